The molecule has 0 amide bonds. The highest BCUT2D eigenvalue weighted by atomic mass is 32.2. The summed E-state index contributed by atoms with van der Waals surface area (Å²) in [5.74, 6) is 0. The Kier molecular flexibility index (Phi) is 4.84. The zero-order valence-corrected chi connectivity index (χ0v) is 11.7. The van der Waals surface area contributed by atoms with Crippen LogP contribution in [0.1, 0.15) is 19.8 Å². The summed E-state index contributed by atoms with van der Waals surface area (Å²) < 4.78 is 25.7. The minimum atomic E-state index is -3.79. The quantitative estimate of drug-likeness (QED) is 0.486. The predicted octanol–water partition coefficient (Wildman–Crippen LogP) is 1.60. The molecule has 0 atom stereocenters. The average Bonchev–Trinajstić information content (AvgIpc) is 2.35. The van der Waals surface area contributed by atoms with Crippen molar-refractivity contribution in [2.75, 3.05) is 19.3 Å². The van der Waals surface area contributed by atoms with Gasteiger partial charge < -0.3 is 5.73 Å². The first-order chi connectivity index (χ1) is 8.80. The maximum Gasteiger partial charge on any atom is 0.270 e. The summed E-state index contributed by atoms with van der Waals surface area (Å²) in [4.78, 5) is 9.82. The smallest absolute Gasteiger partial charge is 0.270 e. The second-order valence-electron chi connectivity index (χ2n) is 4.16. The zero-order valence-electron chi connectivity index (χ0n) is 10.9. The molecule has 1 aromatic rings. The highest BCUT2D eigenvalue weighted by Gasteiger charge is 2.25. The van der Waals surface area contributed by atoms with Crippen LogP contribution in [0.5, 0.6) is 0 Å². The van der Waals surface area contributed by atoms with E-state index in [9.17, 15) is 18.5 Å². The number of nitrogens with two attached hydrogens (primary N) is 1. The summed E-state index contributed by atoms with van der Waals surface area (Å²) in [5, 5.41) is 10.7. The van der Waals surface area contributed by atoms with E-state index in [-0.39, 0.29) is 16.3 Å². The van der Waals surface area contributed by atoms with Crippen molar-refractivity contribution in [1.82, 2.24) is 4.31 Å². The number of hydrogen-bond donors (Lipinski definition) is 1. The largest absolute Gasteiger partial charge is 0.398 e. The van der Waals surface area contributed by atoms with Crippen molar-refractivity contribution in [1.29, 1.82) is 0 Å². The number of nitrogens with zero attached hydrogens (tertiary/aromatic N) is 2. The molecule has 2 N–H and O–H groups in total. The van der Waals surface area contributed by atoms with Gasteiger partial charge in [0.25, 0.3) is 5.69 Å². The average molecular weight is 287 g/mol. The lowest BCUT2D eigenvalue weighted by molar-refractivity contribution is -0.385. The first-order valence-corrected chi connectivity index (χ1v) is 7.25. The molecule has 1 aromatic carbocycles. The molecular weight excluding hydrogens is 270 g/mol. The fraction of sp³-hybridized carbons (Fsp3) is 0.455. The van der Waals surface area contributed by atoms with Crippen LogP contribution in [-0.2, 0) is 10.0 Å². The van der Waals surface area contributed by atoms with Gasteiger partial charge in [-0.2, -0.15) is 0 Å². The molecule has 0 saturated heterocycles. The SMILES string of the molecule is CCCCN(C)S(=O)(=O)c1cc([N+](=O)[O-])ccc1N. The summed E-state index contributed by atoms with van der Waals surface area (Å²) in [6.45, 7) is 2.29. The van der Waals surface area contributed by atoms with Gasteiger partial charge in [-0.05, 0) is 12.5 Å². The predicted molar refractivity (Wildman–Crippen MR) is 72.2 cm³/mol. The molecule has 0 spiro atoms. The van der Waals surface area contributed by atoms with Gasteiger partial charge in [0, 0.05) is 25.7 Å². The molecule has 106 valence electrons. The van der Waals surface area contributed by atoms with Crippen LogP contribution in [0.15, 0.2) is 23.1 Å². The maximum absolute atomic E-state index is 12.3. The van der Waals surface area contributed by atoms with Crippen LogP contribution >= 0.6 is 0 Å². The molecule has 19 heavy (non-hydrogen) atoms. The molecule has 8 heteroatoms. The van der Waals surface area contributed by atoms with E-state index in [1.54, 1.807) is 0 Å². The lowest BCUT2D eigenvalue weighted by Gasteiger charge is -2.17. The summed E-state index contributed by atoms with van der Waals surface area (Å²) in [6.07, 6.45) is 1.56. The van der Waals surface area contributed by atoms with Crippen LogP contribution in [0.3, 0.4) is 0 Å². The molecule has 0 aromatic heterocycles. The van der Waals surface area contributed by atoms with Crippen LogP contribution in [0.25, 0.3) is 0 Å². The Bertz CT molecular complexity index is 571. The van der Waals surface area contributed by atoms with Crippen molar-refractivity contribution in [3.63, 3.8) is 0 Å². The van der Waals surface area contributed by atoms with Gasteiger partial charge in [-0.3, -0.25) is 10.1 Å². The van der Waals surface area contributed by atoms with Gasteiger partial charge in [0.15, 0.2) is 0 Å². The number of unbranched alkanes of at least 4 members (excludes halogenated alkanes) is 1. The first-order valence-electron chi connectivity index (χ1n) is 5.81. The third kappa shape index (κ3) is 3.42. The molecule has 0 bridgehead atoms. The second-order valence-corrected chi connectivity index (χ2v) is 6.17. The molecular formula is C11H17N3O4S. The van der Waals surface area contributed by atoms with Crippen molar-refractivity contribution in [2.24, 2.45) is 0 Å². The third-order valence-corrected chi connectivity index (χ3v) is 4.64. The Morgan fingerprint density at radius 2 is 2.05 bits per heavy atom. The Morgan fingerprint density at radius 1 is 1.42 bits per heavy atom. The fourth-order valence-corrected chi connectivity index (χ4v) is 2.87. The second kappa shape index (κ2) is 5.98. The van der Waals surface area contributed by atoms with Gasteiger partial charge in [0.05, 0.1) is 10.6 Å². The summed E-state index contributed by atoms with van der Waals surface area (Å²) in [5.41, 5.74) is 5.33. The van der Waals surface area contributed by atoms with Gasteiger partial charge in [-0.15, -0.1) is 0 Å². The molecule has 0 aliphatic heterocycles. The van der Waals surface area contributed by atoms with Crippen LogP contribution in [-0.4, -0.2) is 31.2 Å². The molecule has 0 aliphatic carbocycles. The van der Waals surface area contributed by atoms with E-state index in [0.717, 1.165) is 16.8 Å². The molecule has 0 radical (unpaired) electrons. The number of non-ortho nitro benzene ring substituents is 1. The van der Waals surface area contributed by atoms with E-state index in [4.69, 9.17) is 5.73 Å². The molecule has 1 rings (SSSR count). The molecule has 0 aliphatic rings. The van der Waals surface area contributed by atoms with E-state index in [2.05, 4.69) is 0 Å². The zero-order chi connectivity index (χ0) is 14.6. The minimum absolute atomic E-state index is 0.00829. The molecule has 0 heterocycles. The van der Waals surface area contributed by atoms with Gasteiger partial charge in [-0.25, -0.2) is 12.7 Å². The number of nitro groups is 1. The van der Waals surface area contributed by atoms with Gasteiger partial charge in [0.2, 0.25) is 10.0 Å². The molecule has 0 fully saturated rings. The van der Waals surface area contributed by atoms with Crippen LogP contribution < -0.4 is 5.73 Å². The number of hydrogen-bond acceptors (Lipinski definition) is 5. The van der Waals surface area contributed by atoms with Crippen LogP contribution in [0, 0.1) is 10.1 Å². The molecule has 0 unspecified atom stereocenters. The van der Waals surface area contributed by atoms with Crippen LogP contribution in [0.2, 0.25) is 0 Å². The number of nitrogen functional groups attached to an aromatic ring is 1. The van der Waals surface area contributed by atoms with E-state index in [0.29, 0.717) is 13.0 Å². The number of anilines is 1. The summed E-state index contributed by atoms with van der Waals surface area (Å²) >= 11 is 0. The number of sulfonamides is 1. The summed E-state index contributed by atoms with van der Waals surface area (Å²) in [6, 6.07) is 3.41. The van der Waals surface area contributed by atoms with E-state index in [1.165, 1.54) is 19.2 Å². The van der Waals surface area contributed by atoms with E-state index >= 15 is 0 Å². The van der Waals surface area contributed by atoms with E-state index in [1.807, 2.05) is 6.92 Å². The van der Waals surface area contributed by atoms with Crippen molar-refractivity contribution >= 4 is 21.4 Å². The summed E-state index contributed by atoms with van der Waals surface area (Å²) in [7, 11) is -2.36. The first kappa shape index (κ1) is 15.4. The monoisotopic (exact) mass is 287 g/mol. The Morgan fingerprint density at radius 3 is 2.58 bits per heavy atom. The van der Waals surface area contributed by atoms with Gasteiger partial charge in [0.1, 0.15) is 4.90 Å². The standard InChI is InChI=1S/C11H17N3O4S/c1-3-4-7-13(2)19(17,18)11-8-9(14(15)16)5-6-10(11)12/h5-6,8H,3-4,7,12H2,1-2H3. The van der Waals surface area contributed by atoms with Crippen molar-refractivity contribution < 1.29 is 13.3 Å². The lowest BCUT2D eigenvalue weighted by Crippen LogP contribution is -2.28. The number of rotatable bonds is 6. The topological polar surface area (TPSA) is 107 Å². The molecule has 7 nitrogen and oxygen atoms in total. The van der Waals surface area contributed by atoms with Gasteiger partial charge >= 0.3 is 0 Å². The van der Waals surface area contributed by atoms with Crippen molar-refractivity contribution in [3.8, 4) is 0 Å². The van der Waals surface area contributed by atoms with Crippen molar-refractivity contribution in [3.05, 3.63) is 28.3 Å². The van der Waals surface area contributed by atoms with E-state index < -0.39 is 14.9 Å². The van der Waals surface area contributed by atoms with Crippen LogP contribution in [0.4, 0.5) is 11.4 Å². The molecule has 0 saturated carbocycles. The minimum Gasteiger partial charge on any atom is -0.398 e. The lowest BCUT2D eigenvalue weighted by atomic mass is 10.3. The normalized spacial score (nSPS) is 11.7. The highest BCUT2D eigenvalue weighted by molar-refractivity contribution is 7.89. The number of benzene rings is 1. The maximum atomic E-state index is 12.3. The fourth-order valence-electron chi connectivity index (χ4n) is 1.53. The highest BCUT2D eigenvalue weighted by Crippen LogP contribution is 2.26. The Labute approximate surface area is 112 Å². The van der Waals surface area contributed by atoms with Crippen molar-refractivity contribution in [2.45, 2.75) is 24.7 Å². The Hall–Kier alpha value is -1.67. The van der Waals surface area contributed by atoms with Gasteiger partial charge in [-0.1, -0.05) is 13.3 Å². The third-order valence-electron chi connectivity index (χ3n) is 2.72. The Balaban J connectivity index is 3.20. The number of nitro benzene ring substituents is 1.